The average Bonchev–Trinajstić information content (AvgIpc) is 2.89. The third kappa shape index (κ3) is 5.09. The van der Waals surface area contributed by atoms with E-state index in [1.807, 2.05) is 18.2 Å². The summed E-state index contributed by atoms with van der Waals surface area (Å²) in [5, 5.41) is 3.73. The molecule has 184 valence electrons. The highest BCUT2D eigenvalue weighted by molar-refractivity contribution is 7.89. The van der Waals surface area contributed by atoms with Gasteiger partial charge < -0.3 is 5.32 Å². The first kappa shape index (κ1) is 23.9. The number of piperidine rings is 1. The van der Waals surface area contributed by atoms with Crippen molar-refractivity contribution in [2.24, 2.45) is 5.92 Å². The zero-order valence-electron chi connectivity index (χ0n) is 20.1. The molecule has 2 fully saturated rings. The minimum atomic E-state index is -3.65. The molecular weight excluding hydrogens is 460 g/mol. The number of nitrogens with zero attached hydrogens (tertiary/aromatic N) is 3. The second kappa shape index (κ2) is 10.0. The van der Waals surface area contributed by atoms with Crippen LogP contribution < -0.4 is 5.32 Å². The van der Waals surface area contributed by atoms with Gasteiger partial charge in [0, 0.05) is 30.7 Å². The Labute approximate surface area is 207 Å². The molecular formula is C27H32N4O3S. The molecule has 1 amide bonds. The molecule has 0 atom stereocenters. The standard InChI is InChI=1S/C27H32N4O3S/c1-19-12-15-31(16-13-19)35(33,34)21-10-11-24-22(17-21)23(27(32)29-20-7-3-2-4-8-20)18-26(30-24)25-9-5-6-14-28-25/h5-6,9-11,14,17-20H,2-4,7-8,12-13,15-16H2,1H3,(H,29,32). The van der Waals surface area contributed by atoms with Crippen LogP contribution in [-0.4, -0.2) is 47.7 Å². The zero-order chi connectivity index (χ0) is 24.4. The number of rotatable bonds is 5. The minimum Gasteiger partial charge on any atom is -0.349 e. The van der Waals surface area contributed by atoms with Gasteiger partial charge in [0.15, 0.2) is 0 Å². The van der Waals surface area contributed by atoms with Crippen molar-refractivity contribution in [2.45, 2.75) is 62.8 Å². The molecule has 1 saturated heterocycles. The summed E-state index contributed by atoms with van der Waals surface area (Å²) in [6.45, 7) is 3.20. The number of hydrogen-bond donors (Lipinski definition) is 1. The van der Waals surface area contributed by atoms with E-state index >= 15 is 0 Å². The number of aromatic nitrogens is 2. The van der Waals surface area contributed by atoms with E-state index in [-0.39, 0.29) is 16.8 Å². The third-order valence-electron chi connectivity index (χ3n) is 7.27. The van der Waals surface area contributed by atoms with E-state index in [2.05, 4.69) is 17.2 Å². The molecule has 2 aromatic heterocycles. The summed E-state index contributed by atoms with van der Waals surface area (Å²) in [4.78, 5) is 22.8. The number of pyridine rings is 2. The molecule has 0 spiro atoms. The minimum absolute atomic E-state index is 0.139. The monoisotopic (exact) mass is 492 g/mol. The molecule has 1 aromatic carbocycles. The Morgan fingerprint density at radius 2 is 1.74 bits per heavy atom. The molecule has 35 heavy (non-hydrogen) atoms. The van der Waals surface area contributed by atoms with Crippen LogP contribution in [0.1, 0.15) is 62.2 Å². The normalized spacial score (nSPS) is 18.5. The second-order valence-electron chi connectivity index (χ2n) is 9.84. The Balaban J connectivity index is 1.57. The summed E-state index contributed by atoms with van der Waals surface area (Å²) in [5.74, 6) is 0.338. The van der Waals surface area contributed by atoms with E-state index in [0.29, 0.717) is 46.9 Å². The highest BCUT2D eigenvalue weighted by Crippen LogP contribution is 2.29. The molecule has 3 aromatic rings. The van der Waals surface area contributed by atoms with Crippen molar-refractivity contribution in [2.75, 3.05) is 13.1 Å². The number of nitrogens with one attached hydrogen (secondary N) is 1. The highest BCUT2D eigenvalue weighted by atomic mass is 32.2. The fraction of sp³-hybridized carbons (Fsp3) is 0.444. The van der Waals surface area contributed by atoms with Gasteiger partial charge in [0.05, 0.1) is 27.4 Å². The van der Waals surface area contributed by atoms with Crippen molar-refractivity contribution in [3.8, 4) is 11.4 Å². The maximum absolute atomic E-state index is 13.5. The average molecular weight is 493 g/mol. The van der Waals surface area contributed by atoms with E-state index in [4.69, 9.17) is 4.98 Å². The van der Waals surface area contributed by atoms with E-state index in [9.17, 15) is 13.2 Å². The highest BCUT2D eigenvalue weighted by Gasteiger charge is 2.29. The number of fused-ring (bicyclic) bond motifs is 1. The Morgan fingerprint density at radius 3 is 2.46 bits per heavy atom. The van der Waals surface area contributed by atoms with Crippen LogP contribution in [0, 0.1) is 5.92 Å². The number of carbonyl (C=O) groups is 1. The van der Waals surface area contributed by atoms with Crippen molar-refractivity contribution >= 4 is 26.8 Å². The van der Waals surface area contributed by atoms with Gasteiger partial charge in [-0.05, 0) is 68.0 Å². The second-order valence-corrected chi connectivity index (χ2v) is 11.8. The first-order valence-electron chi connectivity index (χ1n) is 12.6. The Kier molecular flexibility index (Phi) is 6.84. The van der Waals surface area contributed by atoms with Crippen LogP contribution in [0.25, 0.3) is 22.3 Å². The largest absolute Gasteiger partial charge is 0.349 e. The molecule has 8 heteroatoms. The van der Waals surface area contributed by atoms with E-state index in [1.54, 1.807) is 34.8 Å². The van der Waals surface area contributed by atoms with Crippen LogP contribution in [-0.2, 0) is 10.0 Å². The maximum atomic E-state index is 13.5. The molecule has 0 bridgehead atoms. The van der Waals surface area contributed by atoms with Gasteiger partial charge in [0.1, 0.15) is 0 Å². The summed E-state index contributed by atoms with van der Waals surface area (Å²) in [6.07, 6.45) is 8.76. The number of benzene rings is 1. The lowest BCUT2D eigenvalue weighted by atomic mass is 9.95. The van der Waals surface area contributed by atoms with Crippen molar-refractivity contribution in [3.63, 3.8) is 0 Å². The number of carbonyl (C=O) groups excluding carboxylic acids is 1. The van der Waals surface area contributed by atoms with Crippen molar-refractivity contribution in [3.05, 3.63) is 54.2 Å². The van der Waals surface area contributed by atoms with Gasteiger partial charge >= 0.3 is 0 Å². The molecule has 3 heterocycles. The summed E-state index contributed by atoms with van der Waals surface area (Å²) in [6, 6.07) is 12.4. The summed E-state index contributed by atoms with van der Waals surface area (Å²) in [7, 11) is -3.65. The van der Waals surface area contributed by atoms with Crippen LogP contribution in [0.3, 0.4) is 0 Å². The topological polar surface area (TPSA) is 92.3 Å². The molecule has 2 aliphatic rings. The van der Waals surface area contributed by atoms with Crippen LogP contribution in [0.5, 0.6) is 0 Å². The smallest absolute Gasteiger partial charge is 0.252 e. The summed E-state index contributed by atoms with van der Waals surface area (Å²) < 4.78 is 28.4. The SMILES string of the molecule is CC1CCN(S(=O)(=O)c2ccc3nc(-c4ccccn4)cc(C(=O)NC4CCCCC4)c3c2)CC1. The molecule has 5 rings (SSSR count). The summed E-state index contributed by atoms with van der Waals surface area (Å²) in [5.41, 5.74) is 2.27. The quantitative estimate of drug-likeness (QED) is 0.553. The molecule has 1 aliphatic heterocycles. The fourth-order valence-corrected chi connectivity index (χ4v) is 6.58. The van der Waals surface area contributed by atoms with Gasteiger partial charge in [-0.3, -0.25) is 9.78 Å². The first-order valence-corrected chi connectivity index (χ1v) is 14.0. The van der Waals surface area contributed by atoms with Gasteiger partial charge in [-0.15, -0.1) is 0 Å². The van der Waals surface area contributed by atoms with E-state index < -0.39 is 10.0 Å². The van der Waals surface area contributed by atoms with Crippen molar-refractivity contribution < 1.29 is 13.2 Å². The Bertz CT molecular complexity index is 1310. The third-order valence-corrected chi connectivity index (χ3v) is 9.17. The van der Waals surface area contributed by atoms with Gasteiger partial charge in [-0.1, -0.05) is 32.3 Å². The van der Waals surface area contributed by atoms with Gasteiger partial charge in [-0.25, -0.2) is 13.4 Å². The van der Waals surface area contributed by atoms with Crippen molar-refractivity contribution in [1.29, 1.82) is 0 Å². The predicted molar refractivity (Wildman–Crippen MR) is 136 cm³/mol. The fourth-order valence-electron chi connectivity index (χ4n) is 5.08. The lowest BCUT2D eigenvalue weighted by molar-refractivity contribution is 0.0929. The summed E-state index contributed by atoms with van der Waals surface area (Å²) >= 11 is 0. The number of amides is 1. The molecule has 0 radical (unpaired) electrons. The lowest BCUT2D eigenvalue weighted by Gasteiger charge is -2.29. The molecule has 1 saturated carbocycles. The van der Waals surface area contributed by atoms with Crippen molar-refractivity contribution in [1.82, 2.24) is 19.6 Å². The number of sulfonamides is 1. The van der Waals surface area contributed by atoms with Gasteiger partial charge in [-0.2, -0.15) is 4.31 Å². The maximum Gasteiger partial charge on any atom is 0.252 e. The van der Waals surface area contributed by atoms with Crippen LogP contribution in [0.15, 0.2) is 53.6 Å². The van der Waals surface area contributed by atoms with Gasteiger partial charge in [0.25, 0.3) is 5.91 Å². The first-order chi connectivity index (χ1) is 16.9. The van der Waals surface area contributed by atoms with Gasteiger partial charge in [0.2, 0.25) is 10.0 Å². The molecule has 0 unspecified atom stereocenters. The Morgan fingerprint density at radius 1 is 0.971 bits per heavy atom. The molecule has 7 nitrogen and oxygen atoms in total. The predicted octanol–water partition coefficient (Wildman–Crippen LogP) is 4.78. The molecule has 1 N–H and O–H groups in total. The van der Waals surface area contributed by atoms with E-state index in [1.165, 1.54) is 6.42 Å². The molecule has 1 aliphatic carbocycles. The Hall–Kier alpha value is -2.84. The lowest BCUT2D eigenvalue weighted by Crippen LogP contribution is -2.38. The zero-order valence-corrected chi connectivity index (χ0v) is 20.9. The number of hydrogen-bond acceptors (Lipinski definition) is 5. The van der Waals surface area contributed by atoms with Crippen LogP contribution >= 0.6 is 0 Å². The van der Waals surface area contributed by atoms with E-state index in [0.717, 1.165) is 38.5 Å². The van der Waals surface area contributed by atoms with Crippen LogP contribution in [0.4, 0.5) is 0 Å². The van der Waals surface area contributed by atoms with Crippen LogP contribution in [0.2, 0.25) is 0 Å².